The van der Waals surface area contributed by atoms with Gasteiger partial charge < -0.3 is 14.6 Å². The van der Waals surface area contributed by atoms with Gasteiger partial charge in [-0.25, -0.2) is 10.4 Å². The molecule has 5 rings (SSSR count). The van der Waals surface area contributed by atoms with Gasteiger partial charge >= 0.3 is 0 Å². The number of carbonyl (C=O) groups is 1. The van der Waals surface area contributed by atoms with Crippen LogP contribution in [0.1, 0.15) is 35.6 Å². The van der Waals surface area contributed by atoms with Crippen molar-refractivity contribution in [3.05, 3.63) is 137 Å². The molecule has 8 heteroatoms. The molecule has 0 saturated carbocycles. The highest BCUT2D eigenvalue weighted by Crippen LogP contribution is 2.43. The number of aliphatic imine (C=N–C) groups is 1. The van der Waals surface area contributed by atoms with Gasteiger partial charge in [0.25, 0.3) is 5.91 Å². The lowest BCUT2D eigenvalue weighted by molar-refractivity contribution is -0.129. The molecule has 0 radical (unpaired) electrons. The van der Waals surface area contributed by atoms with E-state index in [-0.39, 0.29) is 18.9 Å². The second kappa shape index (κ2) is 15.0. The van der Waals surface area contributed by atoms with Gasteiger partial charge in [0, 0.05) is 36.0 Å². The van der Waals surface area contributed by atoms with Crippen LogP contribution < -0.4 is 15.6 Å². The summed E-state index contributed by atoms with van der Waals surface area (Å²) in [6.07, 6.45) is 2.59. The maximum Gasteiger partial charge on any atom is 0.266 e. The molecule has 7 nitrogen and oxygen atoms in total. The van der Waals surface area contributed by atoms with Crippen molar-refractivity contribution in [3.8, 4) is 16.9 Å². The number of hydrogen-bond acceptors (Lipinski definition) is 6. The number of rotatable bonds is 14. The molecule has 1 aliphatic rings. The molecule has 44 heavy (non-hydrogen) atoms. The first-order chi connectivity index (χ1) is 21.5. The number of halogens is 1. The SMILES string of the molecule is C=CC[C@]1(C(=O)NNCCc2ccc(Br)cc2)N=C(c2ccc(OCCCO)cc2)O[C@H]1c1ccc(-c2ccccc2)cc1. The van der Waals surface area contributed by atoms with Gasteiger partial charge in [-0.2, -0.15) is 0 Å². The first-order valence-corrected chi connectivity index (χ1v) is 15.5. The Morgan fingerprint density at radius 2 is 1.64 bits per heavy atom. The topological polar surface area (TPSA) is 92.2 Å². The predicted octanol–water partition coefficient (Wildman–Crippen LogP) is 6.57. The van der Waals surface area contributed by atoms with E-state index in [1.807, 2.05) is 91.0 Å². The van der Waals surface area contributed by atoms with Gasteiger partial charge in [-0.1, -0.05) is 88.7 Å². The molecule has 0 bridgehead atoms. The van der Waals surface area contributed by atoms with E-state index in [1.165, 1.54) is 0 Å². The molecular formula is C36H36BrN3O4. The molecule has 1 aliphatic heterocycles. The van der Waals surface area contributed by atoms with Gasteiger partial charge in [0.1, 0.15) is 5.75 Å². The van der Waals surface area contributed by atoms with E-state index < -0.39 is 11.6 Å². The maximum atomic E-state index is 14.0. The summed E-state index contributed by atoms with van der Waals surface area (Å²) >= 11 is 3.46. The average molecular weight is 655 g/mol. The van der Waals surface area contributed by atoms with E-state index in [9.17, 15) is 4.79 Å². The molecule has 2 atom stereocenters. The first-order valence-electron chi connectivity index (χ1n) is 14.7. The van der Waals surface area contributed by atoms with E-state index in [4.69, 9.17) is 19.6 Å². The number of ether oxygens (including phenoxy) is 2. The Balaban J connectivity index is 1.40. The summed E-state index contributed by atoms with van der Waals surface area (Å²) in [5.74, 6) is 0.749. The van der Waals surface area contributed by atoms with Crippen LogP contribution in [0.15, 0.2) is 125 Å². The number of aliphatic hydroxyl groups excluding tert-OH is 1. The number of amides is 1. The van der Waals surface area contributed by atoms with E-state index in [1.54, 1.807) is 6.08 Å². The van der Waals surface area contributed by atoms with Gasteiger partial charge in [0.15, 0.2) is 11.6 Å². The molecule has 0 unspecified atom stereocenters. The van der Waals surface area contributed by atoms with Crippen molar-refractivity contribution >= 4 is 27.7 Å². The van der Waals surface area contributed by atoms with Crippen molar-refractivity contribution in [2.75, 3.05) is 19.8 Å². The van der Waals surface area contributed by atoms with Crippen molar-refractivity contribution in [3.63, 3.8) is 0 Å². The summed E-state index contributed by atoms with van der Waals surface area (Å²) in [5.41, 5.74) is 9.60. The molecule has 4 aromatic rings. The number of aliphatic hydroxyl groups is 1. The van der Waals surface area contributed by atoms with Crippen LogP contribution in [-0.2, 0) is 16.0 Å². The molecule has 0 fully saturated rings. The van der Waals surface area contributed by atoms with Crippen LogP contribution in [0.5, 0.6) is 5.75 Å². The Kier molecular flexibility index (Phi) is 10.6. The summed E-state index contributed by atoms with van der Waals surface area (Å²) in [6, 6.07) is 33.7. The van der Waals surface area contributed by atoms with Gasteiger partial charge in [0.2, 0.25) is 5.90 Å². The number of carbonyl (C=O) groups excluding carboxylic acids is 1. The summed E-state index contributed by atoms with van der Waals surface area (Å²) < 4.78 is 13.2. The Labute approximate surface area is 266 Å². The highest BCUT2D eigenvalue weighted by Gasteiger charge is 2.52. The van der Waals surface area contributed by atoms with Crippen LogP contribution in [0.25, 0.3) is 11.1 Å². The standard InChI is InChI=1S/C36H36BrN3O4/c1-2-22-36(35(42)40-38-23-21-26-9-17-31(37)18-10-26)33(29-13-11-28(12-14-29)27-7-4-3-5-8-27)44-34(39-36)30-15-19-32(20-16-30)43-25-6-24-41/h2-5,7-20,33,38,41H,1,6,21-25H2,(H,40,42)/t33-,36-/m0/s1. The van der Waals surface area contributed by atoms with Gasteiger partial charge in [-0.3, -0.25) is 10.2 Å². The molecule has 3 N–H and O–H groups in total. The zero-order valence-electron chi connectivity index (χ0n) is 24.4. The highest BCUT2D eigenvalue weighted by atomic mass is 79.9. The van der Waals surface area contributed by atoms with Crippen LogP contribution >= 0.6 is 15.9 Å². The van der Waals surface area contributed by atoms with Crippen molar-refractivity contribution in [2.24, 2.45) is 4.99 Å². The molecular weight excluding hydrogens is 618 g/mol. The van der Waals surface area contributed by atoms with Gasteiger partial charge in [0.05, 0.1) is 6.61 Å². The molecule has 0 saturated heterocycles. The fraction of sp³-hybridized carbons (Fsp3) is 0.222. The van der Waals surface area contributed by atoms with Crippen LogP contribution in [0.2, 0.25) is 0 Å². The number of hydrogen-bond donors (Lipinski definition) is 3. The minimum atomic E-state index is -1.29. The number of benzene rings is 4. The fourth-order valence-corrected chi connectivity index (χ4v) is 5.39. The van der Waals surface area contributed by atoms with Gasteiger partial charge in [-0.15, -0.1) is 6.58 Å². The zero-order chi connectivity index (χ0) is 30.8. The maximum absolute atomic E-state index is 14.0. The monoisotopic (exact) mass is 653 g/mol. The van der Waals surface area contributed by atoms with E-state index in [2.05, 4.69) is 45.5 Å². The molecule has 1 heterocycles. The molecule has 0 spiro atoms. The fourth-order valence-electron chi connectivity index (χ4n) is 5.13. The molecule has 0 aromatic heterocycles. The van der Waals surface area contributed by atoms with E-state index in [0.29, 0.717) is 31.2 Å². The summed E-state index contributed by atoms with van der Waals surface area (Å²) in [6.45, 7) is 5.00. The second-order valence-electron chi connectivity index (χ2n) is 10.5. The van der Waals surface area contributed by atoms with Crippen LogP contribution in [0.3, 0.4) is 0 Å². The van der Waals surface area contributed by atoms with E-state index in [0.717, 1.165) is 38.7 Å². The Morgan fingerprint density at radius 1 is 0.955 bits per heavy atom. The Morgan fingerprint density at radius 3 is 2.32 bits per heavy atom. The lowest BCUT2D eigenvalue weighted by Gasteiger charge is -2.29. The third-order valence-electron chi connectivity index (χ3n) is 7.46. The number of nitrogens with zero attached hydrogens (tertiary/aromatic N) is 1. The average Bonchev–Trinajstić information content (AvgIpc) is 3.45. The third-order valence-corrected chi connectivity index (χ3v) is 7.99. The molecule has 1 amide bonds. The molecule has 226 valence electrons. The first kappa shape index (κ1) is 31.2. The van der Waals surface area contributed by atoms with Crippen LogP contribution in [-0.4, -0.2) is 42.2 Å². The van der Waals surface area contributed by atoms with Crippen LogP contribution in [0, 0.1) is 0 Å². The number of nitrogens with one attached hydrogen (secondary N) is 2. The summed E-state index contributed by atoms with van der Waals surface area (Å²) in [7, 11) is 0. The van der Waals surface area contributed by atoms with Crippen molar-refractivity contribution in [1.29, 1.82) is 0 Å². The third kappa shape index (κ3) is 7.45. The Hall–Kier alpha value is -4.24. The van der Waals surface area contributed by atoms with Crippen molar-refractivity contribution in [1.82, 2.24) is 10.9 Å². The summed E-state index contributed by atoms with van der Waals surface area (Å²) in [5, 5.41) is 9.03. The summed E-state index contributed by atoms with van der Waals surface area (Å²) in [4.78, 5) is 19.0. The number of hydrazine groups is 1. The van der Waals surface area contributed by atoms with Gasteiger partial charge in [-0.05, 0) is 65.1 Å². The second-order valence-corrected chi connectivity index (χ2v) is 11.4. The van der Waals surface area contributed by atoms with Crippen LogP contribution in [0.4, 0.5) is 0 Å². The molecule has 4 aromatic carbocycles. The lowest BCUT2D eigenvalue weighted by atomic mass is 9.84. The quantitative estimate of drug-likeness (QED) is 0.0813. The zero-order valence-corrected chi connectivity index (χ0v) is 26.0. The van der Waals surface area contributed by atoms with E-state index >= 15 is 0 Å². The highest BCUT2D eigenvalue weighted by molar-refractivity contribution is 9.10. The predicted molar refractivity (Wildman–Crippen MR) is 177 cm³/mol. The minimum absolute atomic E-state index is 0.0724. The normalized spacial score (nSPS) is 17.4. The minimum Gasteiger partial charge on any atom is -0.494 e. The largest absolute Gasteiger partial charge is 0.494 e. The lowest BCUT2D eigenvalue weighted by Crippen LogP contribution is -2.52. The van der Waals surface area contributed by atoms with Crippen molar-refractivity contribution in [2.45, 2.75) is 30.9 Å². The molecule has 0 aliphatic carbocycles. The Bertz CT molecular complexity index is 1560. The smallest absolute Gasteiger partial charge is 0.266 e. The van der Waals surface area contributed by atoms with Crippen molar-refractivity contribution < 1.29 is 19.4 Å².